The summed E-state index contributed by atoms with van der Waals surface area (Å²) in [4.78, 5) is 49.3. The van der Waals surface area contributed by atoms with Crippen molar-refractivity contribution in [3.63, 3.8) is 0 Å². The van der Waals surface area contributed by atoms with Gasteiger partial charge in [-0.3, -0.25) is 4.79 Å². The van der Waals surface area contributed by atoms with Crippen molar-refractivity contribution in [2.75, 3.05) is 27.4 Å². The van der Waals surface area contributed by atoms with Crippen LogP contribution in [-0.2, 0) is 33.3 Å². The molecule has 8 heteroatoms. The van der Waals surface area contributed by atoms with Crippen LogP contribution in [0.25, 0.3) is 0 Å². The SMILES string of the molecule is COC(=O)COC(=O)c1ccc2c(c1)[C@@H]1[C@@H]3c4ccccc4[C@@H]4[C@H]2[C@H]2[C@@H]1[C@@H]3[C@@]24C(=O)OCC(=O)OC. The number of carbonyl (C=O) groups excluding carboxylic acids is 4. The third kappa shape index (κ3) is 2.31. The van der Waals surface area contributed by atoms with E-state index in [-0.39, 0.29) is 48.1 Å². The number of ether oxygens (including phenoxy) is 4. The smallest absolute Gasteiger partial charge is 0.344 e. The van der Waals surface area contributed by atoms with Crippen molar-refractivity contribution in [1.29, 1.82) is 0 Å². The highest BCUT2D eigenvalue weighted by atomic mass is 16.6. The van der Waals surface area contributed by atoms with Crippen molar-refractivity contribution >= 4 is 23.9 Å². The van der Waals surface area contributed by atoms with Gasteiger partial charge in [0.25, 0.3) is 0 Å². The minimum atomic E-state index is -0.612. The standard InChI is InChI=1S/C28H24O8/c1-33-17(29)10-35-26(31)12-7-8-14-16(9-12)19-20-13-5-3-4-6-15(13)23-21(14)25-22(19)24(20)28(23,25)27(32)36-11-18(30)34-2/h3-9,19-25H,10-11H2,1-2H3/t19-,20+,21+,22+,23-,24-,25+,28-/m1/s1. The second-order valence-corrected chi connectivity index (χ2v) is 10.4. The first-order valence-electron chi connectivity index (χ1n) is 12.2. The lowest BCUT2D eigenvalue weighted by atomic mass is 9.14. The van der Waals surface area contributed by atoms with Crippen LogP contribution in [0.4, 0.5) is 0 Å². The summed E-state index contributed by atoms with van der Waals surface area (Å²) in [6.07, 6.45) is 0. The van der Waals surface area contributed by atoms with Gasteiger partial charge < -0.3 is 18.9 Å². The lowest BCUT2D eigenvalue weighted by Crippen LogP contribution is -2.84. The quantitative estimate of drug-likeness (QED) is 0.452. The molecule has 0 radical (unpaired) electrons. The molecule has 0 amide bonds. The first-order valence-corrected chi connectivity index (χ1v) is 12.2. The summed E-state index contributed by atoms with van der Waals surface area (Å²) in [5.74, 6) is -0.903. The molecule has 5 aliphatic carbocycles. The summed E-state index contributed by atoms with van der Waals surface area (Å²) in [5.41, 5.74) is 4.60. The average Bonchev–Trinajstić information content (AvgIpc) is 2.86. The normalized spacial score (nSPS) is 34.3. The average molecular weight is 488 g/mol. The van der Waals surface area contributed by atoms with Crippen molar-refractivity contribution in [3.8, 4) is 0 Å². The van der Waals surface area contributed by atoms with E-state index in [0.717, 1.165) is 5.56 Å². The number of methoxy groups -OCH3 is 2. The lowest BCUT2D eigenvalue weighted by Gasteiger charge is -2.87. The van der Waals surface area contributed by atoms with Crippen LogP contribution in [0.5, 0.6) is 0 Å². The Bertz CT molecular complexity index is 1360. The monoisotopic (exact) mass is 488 g/mol. The molecule has 184 valence electrons. The van der Waals surface area contributed by atoms with E-state index in [0.29, 0.717) is 11.5 Å². The maximum Gasteiger partial charge on any atom is 0.344 e. The number of esters is 4. The third-order valence-corrected chi connectivity index (χ3v) is 9.56. The molecule has 0 unspecified atom stereocenters. The molecule has 3 saturated carbocycles. The molecule has 5 aliphatic rings. The molecule has 0 heterocycles. The Morgan fingerprint density at radius 2 is 1.39 bits per heavy atom. The summed E-state index contributed by atoms with van der Waals surface area (Å²) in [6.45, 7) is -0.804. The van der Waals surface area contributed by atoms with E-state index in [1.807, 2.05) is 24.3 Å². The van der Waals surface area contributed by atoms with Crippen LogP contribution < -0.4 is 0 Å². The highest BCUT2D eigenvalue weighted by Crippen LogP contribution is 2.94. The van der Waals surface area contributed by atoms with Gasteiger partial charge in [0.15, 0.2) is 13.2 Å². The van der Waals surface area contributed by atoms with Crippen LogP contribution in [0, 0.1) is 23.2 Å². The van der Waals surface area contributed by atoms with E-state index in [9.17, 15) is 19.2 Å². The van der Waals surface area contributed by atoms with Gasteiger partial charge in [0.2, 0.25) is 0 Å². The highest BCUT2D eigenvalue weighted by Gasteiger charge is 2.90. The predicted octanol–water partition coefficient (Wildman–Crippen LogP) is 2.67. The maximum absolute atomic E-state index is 13.6. The Balaban J connectivity index is 1.28. The van der Waals surface area contributed by atoms with Crippen molar-refractivity contribution in [1.82, 2.24) is 0 Å². The fourth-order valence-electron chi connectivity index (χ4n) is 8.58. The van der Waals surface area contributed by atoms with Gasteiger partial charge in [0.05, 0.1) is 25.2 Å². The Labute approximate surface area is 206 Å². The van der Waals surface area contributed by atoms with E-state index in [1.54, 1.807) is 6.07 Å². The van der Waals surface area contributed by atoms with E-state index in [2.05, 4.69) is 21.6 Å². The van der Waals surface area contributed by atoms with Crippen molar-refractivity contribution in [2.24, 2.45) is 23.2 Å². The number of carbonyl (C=O) groups is 4. The van der Waals surface area contributed by atoms with Crippen LogP contribution in [0.3, 0.4) is 0 Å². The third-order valence-electron chi connectivity index (χ3n) is 9.56. The van der Waals surface area contributed by atoms with Gasteiger partial charge in [0.1, 0.15) is 0 Å². The molecule has 0 saturated heterocycles. The fraction of sp³-hybridized carbons (Fsp3) is 0.429. The van der Waals surface area contributed by atoms with Crippen LogP contribution in [-0.4, -0.2) is 51.3 Å². The van der Waals surface area contributed by atoms with Crippen LogP contribution in [0.1, 0.15) is 56.3 Å². The molecule has 36 heavy (non-hydrogen) atoms. The van der Waals surface area contributed by atoms with Gasteiger partial charge >= 0.3 is 23.9 Å². The molecule has 0 aromatic heterocycles. The maximum atomic E-state index is 13.6. The zero-order valence-electron chi connectivity index (χ0n) is 19.8. The summed E-state index contributed by atoms with van der Waals surface area (Å²) in [7, 11) is 2.52. The first-order chi connectivity index (χ1) is 17.4. The first kappa shape index (κ1) is 21.6. The zero-order valence-corrected chi connectivity index (χ0v) is 19.8. The van der Waals surface area contributed by atoms with Gasteiger partial charge in [-0.15, -0.1) is 0 Å². The van der Waals surface area contributed by atoms with E-state index in [1.165, 1.54) is 30.9 Å². The molecule has 3 fully saturated rings. The van der Waals surface area contributed by atoms with E-state index < -0.39 is 29.9 Å². The van der Waals surface area contributed by atoms with Crippen LogP contribution in [0.2, 0.25) is 0 Å². The Kier molecular flexibility index (Phi) is 4.31. The topological polar surface area (TPSA) is 105 Å². The molecular weight excluding hydrogens is 464 g/mol. The summed E-state index contributed by atoms with van der Waals surface area (Å²) >= 11 is 0. The highest BCUT2D eigenvalue weighted by molar-refractivity contribution is 5.92. The Hall–Kier alpha value is -3.68. The molecular formula is C28H24O8. The van der Waals surface area contributed by atoms with Gasteiger partial charge in [-0.2, -0.15) is 0 Å². The number of fused-ring (bicyclic) bond motifs is 8. The second kappa shape index (κ2) is 7.18. The second-order valence-electron chi connectivity index (χ2n) is 10.4. The molecule has 8 nitrogen and oxygen atoms in total. The largest absolute Gasteiger partial charge is 0.466 e. The molecule has 0 aliphatic heterocycles. The van der Waals surface area contributed by atoms with Gasteiger partial charge in [-0.05, 0) is 69.9 Å². The van der Waals surface area contributed by atoms with Crippen LogP contribution >= 0.6 is 0 Å². The van der Waals surface area contributed by atoms with Gasteiger partial charge in [-0.1, -0.05) is 30.3 Å². The van der Waals surface area contributed by atoms with Crippen molar-refractivity contribution in [2.45, 2.75) is 23.7 Å². The molecule has 7 rings (SSSR count). The van der Waals surface area contributed by atoms with Gasteiger partial charge in [-0.25, -0.2) is 14.4 Å². The van der Waals surface area contributed by atoms with Gasteiger partial charge in [0, 0.05) is 5.92 Å². The lowest BCUT2D eigenvalue weighted by molar-refractivity contribution is -0.314. The molecule has 0 bridgehead atoms. The van der Waals surface area contributed by atoms with E-state index >= 15 is 0 Å². The number of hydrogen-bond donors (Lipinski definition) is 0. The number of rotatable bonds is 6. The van der Waals surface area contributed by atoms with E-state index in [4.69, 9.17) is 9.47 Å². The summed E-state index contributed by atoms with van der Waals surface area (Å²) in [6, 6.07) is 14.0. The molecule has 0 spiro atoms. The van der Waals surface area contributed by atoms with Crippen LogP contribution in [0.15, 0.2) is 42.5 Å². The Morgan fingerprint density at radius 1 is 0.750 bits per heavy atom. The molecule has 8 atom stereocenters. The molecule has 2 aromatic carbocycles. The summed E-state index contributed by atoms with van der Waals surface area (Å²) < 4.78 is 19.9. The Morgan fingerprint density at radius 3 is 2.11 bits per heavy atom. The minimum Gasteiger partial charge on any atom is -0.466 e. The van der Waals surface area contributed by atoms with Crippen molar-refractivity contribution in [3.05, 3.63) is 70.3 Å². The fourth-order valence-corrected chi connectivity index (χ4v) is 8.58. The zero-order chi connectivity index (χ0) is 24.9. The van der Waals surface area contributed by atoms with Crippen molar-refractivity contribution < 1.29 is 38.1 Å². The molecule has 0 N–H and O–H groups in total. The summed E-state index contributed by atoms with van der Waals surface area (Å²) in [5, 5.41) is 0. The minimum absolute atomic E-state index is 0.0292. The molecule has 2 aromatic rings. The number of hydrogen-bond acceptors (Lipinski definition) is 8. The number of benzene rings is 2. The predicted molar refractivity (Wildman–Crippen MR) is 122 cm³/mol.